The van der Waals surface area contributed by atoms with Gasteiger partial charge in [-0.2, -0.15) is 5.10 Å². The van der Waals surface area contributed by atoms with E-state index in [0.29, 0.717) is 12.1 Å². The third kappa shape index (κ3) is 1.87. The lowest BCUT2D eigenvalue weighted by Crippen LogP contribution is -2.69. The molecule has 3 aliphatic rings. The van der Waals surface area contributed by atoms with Crippen molar-refractivity contribution in [1.29, 1.82) is 0 Å². The van der Waals surface area contributed by atoms with Crippen LogP contribution in [-0.4, -0.2) is 55.3 Å². The number of aryl methyl sites for hydroxylation is 1. The summed E-state index contributed by atoms with van der Waals surface area (Å²) >= 11 is 0. The Balaban J connectivity index is 1.44. The van der Waals surface area contributed by atoms with Gasteiger partial charge < -0.3 is 9.80 Å². The molecule has 2 bridgehead atoms. The number of hydrogen-bond donors (Lipinski definition) is 1. The van der Waals surface area contributed by atoms with E-state index in [-0.39, 0.29) is 0 Å². The Morgan fingerprint density at radius 1 is 1.17 bits per heavy atom. The summed E-state index contributed by atoms with van der Waals surface area (Å²) in [5.74, 6) is 1.81. The monoisotopic (exact) mass is 308 g/mol. The van der Waals surface area contributed by atoms with E-state index in [1.807, 2.05) is 19.2 Å². The van der Waals surface area contributed by atoms with Crippen molar-refractivity contribution in [1.82, 2.24) is 30.1 Å². The lowest BCUT2D eigenvalue weighted by molar-refractivity contribution is 0.287. The summed E-state index contributed by atoms with van der Waals surface area (Å²) in [5, 5.41) is 7.98. The number of hydrogen-bond acceptors (Lipinski definition) is 7. The van der Waals surface area contributed by atoms with Gasteiger partial charge in [0.15, 0.2) is 5.65 Å². The summed E-state index contributed by atoms with van der Waals surface area (Å²) in [6, 6.07) is 2.80. The molecule has 0 amide bonds. The molecule has 3 aliphatic heterocycles. The van der Waals surface area contributed by atoms with Crippen LogP contribution in [0.4, 0.5) is 11.8 Å². The molecule has 0 spiro atoms. The van der Waals surface area contributed by atoms with Gasteiger partial charge in [0, 0.05) is 25.0 Å². The highest BCUT2D eigenvalue weighted by Gasteiger charge is 2.46. The van der Waals surface area contributed by atoms with E-state index >= 15 is 0 Å². The molecule has 23 heavy (non-hydrogen) atoms. The lowest BCUT2D eigenvalue weighted by Gasteiger charge is -2.56. The molecular formula is C15H16N8. The number of nitrogens with zero attached hydrogens (tertiary/aromatic N) is 7. The highest BCUT2D eigenvalue weighted by Crippen LogP contribution is 2.39. The van der Waals surface area contributed by atoms with Gasteiger partial charge >= 0.3 is 0 Å². The maximum absolute atomic E-state index is 4.55. The second-order valence-corrected chi connectivity index (χ2v) is 6.18. The van der Waals surface area contributed by atoms with Crippen molar-refractivity contribution in [3.8, 4) is 0 Å². The SMILES string of the molecule is Cc1ccnc(N2CC3CC(C2)N3c2ncnc3[nH]ncc23)n1. The van der Waals surface area contributed by atoms with E-state index < -0.39 is 0 Å². The van der Waals surface area contributed by atoms with Gasteiger partial charge in [-0.25, -0.2) is 19.9 Å². The number of rotatable bonds is 2. The molecule has 0 aliphatic carbocycles. The van der Waals surface area contributed by atoms with Gasteiger partial charge in [0.1, 0.15) is 12.1 Å². The molecule has 6 rings (SSSR count). The fraction of sp³-hybridized carbons (Fsp3) is 0.400. The molecule has 0 saturated carbocycles. The number of H-pyrrole nitrogens is 1. The first-order chi connectivity index (χ1) is 11.3. The van der Waals surface area contributed by atoms with Crippen molar-refractivity contribution in [2.45, 2.75) is 25.4 Å². The largest absolute Gasteiger partial charge is 0.346 e. The summed E-state index contributed by atoms with van der Waals surface area (Å²) in [6.45, 7) is 3.84. The molecule has 8 heteroatoms. The Kier molecular flexibility index (Phi) is 2.55. The summed E-state index contributed by atoms with van der Waals surface area (Å²) < 4.78 is 0. The van der Waals surface area contributed by atoms with Crippen LogP contribution in [0.3, 0.4) is 0 Å². The maximum atomic E-state index is 4.55. The zero-order valence-corrected chi connectivity index (χ0v) is 12.7. The fourth-order valence-corrected chi connectivity index (χ4v) is 3.66. The van der Waals surface area contributed by atoms with E-state index in [1.165, 1.54) is 6.42 Å². The number of piperazine rings is 1. The van der Waals surface area contributed by atoms with Gasteiger partial charge in [0.2, 0.25) is 5.95 Å². The first kappa shape index (κ1) is 12.7. The second kappa shape index (κ2) is 4.61. The number of fused-ring (bicyclic) bond motifs is 3. The van der Waals surface area contributed by atoms with Crippen LogP contribution < -0.4 is 9.80 Å². The fourth-order valence-electron chi connectivity index (χ4n) is 3.66. The molecule has 1 N–H and O–H groups in total. The van der Waals surface area contributed by atoms with E-state index in [4.69, 9.17) is 0 Å². The van der Waals surface area contributed by atoms with Crippen LogP contribution >= 0.6 is 0 Å². The Morgan fingerprint density at radius 2 is 2.04 bits per heavy atom. The lowest BCUT2D eigenvalue weighted by atomic mass is 9.87. The molecule has 3 aromatic rings. The van der Waals surface area contributed by atoms with Gasteiger partial charge in [-0.05, 0) is 19.4 Å². The molecule has 3 saturated heterocycles. The Labute approximate surface area is 132 Å². The molecule has 2 atom stereocenters. The summed E-state index contributed by atoms with van der Waals surface area (Å²) in [6.07, 6.45) is 6.42. The molecule has 3 aromatic heterocycles. The first-order valence-corrected chi connectivity index (χ1v) is 7.76. The van der Waals surface area contributed by atoms with Gasteiger partial charge in [0.25, 0.3) is 0 Å². The Morgan fingerprint density at radius 3 is 2.87 bits per heavy atom. The normalized spacial score (nSPS) is 23.2. The second-order valence-electron chi connectivity index (χ2n) is 6.18. The number of nitrogens with one attached hydrogen (secondary N) is 1. The third-order valence-corrected chi connectivity index (χ3v) is 4.73. The van der Waals surface area contributed by atoms with Crippen LogP contribution in [0.1, 0.15) is 12.1 Å². The minimum Gasteiger partial charge on any atom is -0.346 e. The van der Waals surface area contributed by atoms with Crippen LogP contribution in [-0.2, 0) is 0 Å². The van der Waals surface area contributed by atoms with Crippen molar-refractivity contribution in [2.75, 3.05) is 22.9 Å². The van der Waals surface area contributed by atoms with E-state index in [1.54, 1.807) is 12.5 Å². The molecule has 0 radical (unpaired) electrons. The highest BCUT2D eigenvalue weighted by molar-refractivity contribution is 5.87. The molecular weight excluding hydrogens is 292 g/mol. The van der Waals surface area contributed by atoms with Crippen molar-refractivity contribution < 1.29 is 0 Å². The van der Waals surface area contributed by atoms with Crippen molar-refractivity contribution in [2.24, 2.45) is 0 Å². The third-order valence-electron chi connectivity index (χ3n) is 4.73. The zero-order chi connectivity index (χ0) is 15.4. The average Bonchev–Trinajstić information content (AvgIpc) is 3.04. The van der Waals surface area contributed by atoms with Crippen LogP contribution in [0.2, 0.25) is 0 Å². The smallest absolute Gasteiger partial charge is 0.225 e. The van der Waals surface area contributed by atoms with Crippen LogP contribution in [0.5, 0.6) is 0 Å². The number of anilines is 2. The van der Waals surface area contributed by atoms with Crippen molar-refractivity contribution in [3.05, 3.63) is 30.5 Å². The van der Waals surface area contributed by atoms with Gasteiger partial charge in [-0.3, -0.25) is 5.10 Å². The van der Waals surface area contributed by atoms with E-state index in [2.05, 4.69) is 39.9 Å². The molecule has 8 nitrogen and oxygen atoms in total. The van der Waals surface area contributed by atoms with Crippen LogP contribution in [0, 0.1) is 6.92 Å². The average molecular weight is 308 g/mol. The molecule has 2 unspecified atom stereocenters. The highest BCUT2D eigenvalue weighted by atomic mass is 15.4. The Bertz CT molecular complexity index is 863. The van der Waals surface area contributed by atoms with Gasteiger partial charge in [-0.15, -0.1) is 0 Å². The predicted molar refractivity (Wildman–Crippen MR) is 85.3 cm³/mol. The minimum absolute atomic E-state index is 0.436. The number of piperidine rings is 1. The minimum atomic E-state index is 0.436. The quantitative estimate of drug-likeness (QED) is 0.753. The van der Waals surface area contributed by atoms with Crippen LogP contribution in [0.25, 0.3) is 11.0 Å². The van der Waals surface area contributed by atoms with Crippen molar-refractivity contribution >= 4 is 22.8 Å². The van der Waals surface area contributed by atoms with Crippen LogP contribution in [0.15, 0.2) is 24.8 Å². The summed E-state index contributed by atoms with van der Waals surface area (Å²) in [7, 11) is 0. The molecule has 0 aromatic carbocycles. The molecule has 116 valence electrons. The van der Waals surface area contributed by atoms with E-state index in [0.717, 1.165) is 41.6 Å². The number of aromatic amines is 1. The Hall–Kier alpha value is -2.77. The standard InChI is InChI=1S/C15H16N8/c1-9-2-3-16-15(20-9)22-6-10-4-11(7-22)23(10)14-12-5-19-21-13(12)17-8-18-14/h2-3,5,8,10-11H,4,6-7H2,1H3,(H,17,18,19,21). The summed E-state index contributed by atoms with van der Waals surface area (Å²) in [5.41, 5.74) is 1.79. The van der Waals surface area contributed by atoms with Crippen molar-refractivity contribution in [3.63, 3.8) is 0 Å². The predicted octanol–water partition coefficient (Wildman–Crippen LogP) is 0.919. The molecule has 6 heterocycles. The zero-order valence-electron chi connectivity index (χ0n) is 12.7. The number of aromatic nitrogens is 6. The topological polar surface area (TPSA) is 86.7 Å². The van der Waals surface area contributed by atoms with Gasteiger partial charge in [0.05, 0.1) is 23.7 Å². The van der Waals surface area contributed by atoms with E-state index in [9.17, 15) is 0 Å². The first-order valence-electron chi connectivity index (χ1n) is 7.76. The molecule has 3 fully saturated rings. The maximum Gasteiger partial charge on any atom is 0.225 e. The summed E-state index contributed by atoms with van der Waals surface area (Å²) in [4.78, 5) is 22.4. The van der Waals surface area contributed by atoms with Gasteiger partial charge in [-0.1, -0.05) is 0 Å².